The second-order valence-electron chi connectivity index (χ2n) is 4.16. The van der Waals surface area contributed by atoms with Gasteiger partial charge in [0, 0.05) is 5.56 Å². The summed E-state index contributed by atoms with van der Waals surface area (Å²) in [4.78, 5) is 16.9. The van der Waals surface area contributed by atoms with E-state index >= 15 is 0 Å². The van der Waals surface area contributed by atoms with Crippen LogP contribution in [0, 0.1) is 0 Å². The molecule has 0 atom stereocenters. The molecule has 1 amide bonds. The lowest BCUT2D eigenvalue weighted by molar-refractivity contribution is -0.0125. The van der Waals surface area contributed by atoms with Gasteiger partial charge in [-0.2, -0.15) is 0 Å². The van der Waals surface area contributed by atoms with E-state index in [0.717, 1.165) is 25.7 Å². The molecule has 92 valence electrons. The molecule has 0 spiro atoms. The first-order valence-corrected chi connectivity index (χ1v) is 5.65. The largest absolute Gasteiger partial charge is 0.504 e. The fraction of sp³-hybridized carbons (Fsp3) is 0.417. The van der Waals surface area contributed by atoms with Crippen LogP contribution >= 0.6 is 0 Å². The molecule has 1 aliphatic carbocycles. The minimum Gasteiger partial charge on any atom is -0.504 e. The number of phenolic OH excluding ortho intramolecular Hbond substituents is 2. The minimum absolute atomic E-state index is 0.0876. The summed E-state index contributed by atoms with van der Waals surface area (Å²) in [5.41, 5.74) is 2.60. The summed E-state index contributed by atoms with van der Waals surface area (Å²) < 4.78 is 0. The first-order valence-electron chi connectivity index (χ1n) is 5.65. The van der Waals surface area contributed by atoms with E-state index in [1.54, 1.807) is 0 Å². The Morgan fingerprint density at radius 1 is 1.24 bits per heavy atom. The van der Waals surface area contributed by atoms with E-state index in [4.69, 9.17) is 9.94 Å². The molecule has 1 saturated carbocycles. The van der Waals surface area contributed by atoms with Gasteiger partial charge in [-0.3, -0.25) is 9.63 Å². The summed E-state index contributed by atoms with van der Waals surface area (Å²) >= 11 is 0. The zero-order valence-corrected chi connectivity index (χ0v) is 9.35. The van der Waals surface area contributed by atoms with Crippen LogP contribution in [-0.4, -0.2) is 22.2 Å². The predicted molar refractivity (Wildman–Crippen MR) is 60.6 cm³/mol. The average molecular weight is 237 g/mol. The van der Waals surface area contributed by atoms with Gasteiger partial charge in [-0.15, -0.1) is 0 Å². The zero-order chi connectivity index (χ0) is 12.3. The van der Waals surface area contributed by atoms with Crippen molar-refractivity contribution in [3.63, 3.8) is 0 Å². The third-order valence-corrected chi connectivity index (χ3v) is 2.86. The van der Waals surface area contributed by atoms with Crippen LogP contribution in [0.1, 0.15) is 36.0 Å². The maximum Gasteiger partial charge on any atom is 0.274 e. The van der Waals surface area contributed by atoms with Crippen molar-refractivity contribution in [2.75, 3.05) is 0 Å². The van der Waals surface area contributed by atoms with Gasteiger partial charge >= 0.3 is 0 Å². The molecular formula is C12H15NO4. The molecule has 0 aromatic heterocycles. The summed E-state index contributed by atoms with van der Waals surface area (Å²) in [6.45, 7) is 0. The Balaban J connectivity index is 1.92. The number of hydrogen-bond acceptors (Lipinski definition) is 4. The molecule has 3 N–H and O–H groups in total. The number of aromatic hydroxyl groups is 2. The lowest BCUT2D eigenvalue weighted by Crippen LogP contribution is -2.28. The lowest BCUT2D eigenvalue weighted by atomic mass is 10.2. The number of carbonyl (C=O) groups is 1. The quantitative estimate of drug-likeness (QED) is 0.552. The number of amides is 1. The van der Waals surface area contributed by atoms with Crippen LogP contribution in [0.15, 0.2) is 18.2 Å². The highest BCUT2D eigenvalue weighted by Gasteiger charge is 2.17. The monoisotopic (exact) mass is 237 g/mol. The van der Waals surface area contributed by atoms with E-state index in [1.165, 1.54) is 18.2 Å². The van der Waals surface area contributed by atoms with Crippen LogP contribution in [-0.2, 0) is 4.84 Å². The second-order valence-corrected chi connectivity index (χ2v) is 4.16. The van der Waals surface area contributed by atoms with E-state index < -0.39 is 5.91 Å². The third kappa shape index (κ3) is 2.88. The van der Waals surface area contributed by atoms with Gasteiger partial charge in [0.05, 0.1) is 6.10 Å². The fourth-order valence-electron chi connectivity index (χ4n) is 1.87. The number of nitrogens with one attached hydrogen (secondary N) is 1. The molecule has 0 heterocycles. The van der Waals surface area contributed by atoms with Gasteiger partial charge in [-0.1, -0.05) is 12.8 Å². The van der Waals surface area contributed by atoms with Crippen LogP contribution in [0.25, 0.3) is 0 Å². The van der Waals surface area contributed by atoms with Crippen molar-refractivity contribution in [3.05, 3.63) is 23.8 Å². The number of benzene rings is 1. The Labute approximate surface area is 99.0 Å². The minimum atomic E-state index is -0.424. The highest BCUT2D eigenvalue weighted by Crippen LogP contribution is 2.25. The van der Waals surface area contributed by atoms with E-state index in [0.29, 0.717) is 0 Å². The molecule has 17 heavy (non-hydrogen) atoms. The van der Waals surface area contributed by atoms with Crippen LogP contribution in [0.2, 0.25) is 0 Å². The van der Waals surface area contributed by atoms with E-state index in [1.807, 2.05) is 0 Å². The first kappa shape index (κ1) is 11.7. The van der Waals surface area contributed by atoms with Crippen molar-refractivity contribution < 1.29 is 19.8 Å². The standard InChI is InChI=1S/C12H15NO4/c14-10-6-5-8(7-11(10)15)12(16)13-17-9-3-1-2-4-9/h5-7,9,14-15H,1-4H2,(H,13,16). The summed E-state index contributed by atoms with van der Waals surface area (Å²) in [5.74, 6) is -0.996. The van der Waals surface area contributed by atoms with Crippen molar-refractivity contribution in [2.24, 2.45) is 0 Å². The van der Waals surface area contributed by atoms with Gasteiger partial charge in [0.15, 0.2) is 11.5 Å². The van der Waals surface area contributed by atoms with Crippen LogP contribution in [0.5, 0.6) is 11.5 Å². The summed E-state index contributed by atoms with van der Waals surface area (Å²) in [6, 6.07) is 3.88. The summed E-state index contributed by atoms with van der Waals surface area (Å²) in [5, 5.41) is 18.4. The highest BCUT2D eigenvalue weighted by molar-refractivity contribution is 5.94. The Bertz CT molecular complexity index is 413. The highest BCUT2D eigenvalue weighted by atomic mass is 16.7. The topological polar surface area (TPSA) is 78.8 Å². The van der Waals surface area contributed by atoms with Gasteiger partial charge in [0.1, 0.15) is 0 Å². The van der Waals surface area contributed by atoms with Crippen LogP contribution in [0.4, 0.5) is 0 Å². The van der Waals surface area contributed by atoms with Crippen molar-refractivity contribution in [2.45, 2.75) is 31.8 Å². The zero-order valence-electron chi connectivity index (χ0n) is 9.35. The van der Waals surface area contributed by atoms with Crippen molar-refractivity contribution in [1.29, 1.82) is 0 Å². The summed E-state index contributed by atoms with van der Waals surface area (Å²) in [7, 11) is 0. The van der Waals surface area contributed by atoms with E-state index in [-0.39, 0.29) is 23.2 Å². The first-order chi connectivity index (χ1) is 8.16. The fourth-order valence-corrected chi connectivity index (χ4v) is 1.87. The molecule has 1 aromatic rings. The van der Waals surface area contributed by atoms with Gasteiger partial charge in [-0.25, -0.2) is 5.48 Å². The molecule has 0 aliphatic heterocycles. The Kier molecular flexibility index (Phi) is 3.49. The van der Waals surface area contributed by atoms with Gasteiger partial charge < -0.3 is 10.2 Å². The molecule has 0 bridgehead atoms. The normalized spacial score (nSPS) is 16.0. The molecule has 5 nitrogen and oxygen atoms in total. The van der Waals surface area contributed by atoms with Crippen LogP contribution < -0.4 is 5.48 Å². The number of rotatable bonds is 3. The maximum absolute atomic E-state index is 11.6. The Hall–Kier alpha value is -1.75. The van der Waals surface area contributed by atoms with E-state index in [2.05, 4.69) is 5.48 Å². The molecule has 2 rings (SSSR count). The Morgan fingerprint density at radius 3 is 2.59 bits per heavy atom. The molecule has 0 saturated heterocycles. The molecular weight excluding hydrogens is 222 g/mol. The number of hydrogen-bond donors (Lipinski definition) is 3. The van der Waals surface area contributed by atoms with Crippen molar-refractivity contribution in [1.82, 2.24) is 5.48 Å². The van der Waals surface area contributed by atoms with Crippen molar-refractivity contribution in [3.8, 4) is 11.5 Å². The second kappa shape index (κ2) is 5.05. The summed E-state index contributed by atoms with van der Waals surface area (Å²) in [6.07, 6.45) is 4.26. The number of carbonyl (C=O) groups excluding carboxylic acids is 1. The van der Waals surface area contributed by atoms with Gasteiger partial charge in [0.2, 0.25) is 0 Å². The molecule has 1 aromatic carbocycles. The predicted octanol–water partition coefficient (Wildman–Crippen LogP) is 1.70. The van der Waals surface area contributed by atoms with Crippen LogP contribution in [0.3, 0.4) is 0 Å². The Morgan fingerprint density at radius 2 is 1.94 bits per heavy atom. The molecule has 5 heteroatoms. The van der Waals surface area contributed by atoms with Gasteiger partial charge in [-0.05, 0) is 31.0 Å². The van der Waals surface area contributed by atoms with Gasteiger partial charge in [0.25, 0.3) is 5.91 Å². The molecule has 1 fully saturated rings. The molecule has 1 aliphatic rings. The SMILES string of the molecule is O=C(NOC1CCCC1)c1ccc(O)c(O)c1. The number of phenols is 2. The van der Waals surface area contributed by atoms with Crippen molar-refractivity contribution >= 4 is 5.91 Å². The maximum atomic E-state index is 11.6. The smallest absolute Gasteiger partial charge is 0.274 e. The number of hydroxylamine groups is 1. The molecule has 0 unspecified atom stereocenters. The van der Waals surface area contributed by atoms with E-state index in [9.17, 15) is 9.90 Å². The average Bonchev–Trinajstić information content (AvgIpc) is 2.82. The molecule has 0 radical (unpaired) electrons. The third-order valence-electron chi connectivity index (χ3n) is 2.86. The lowest BCUT2D eigenvalue weighted by Gasteiger charge is -2.11.